The zero-order valence-electron chi connectivity index (χ0n) is 12.5. The monoisotopic (exact) mass is 280 g/mol. The minimum atomic E-state index is -0.0131. The lowest BCUT2D eigenvalue weighted by Crippen LogP contribution is -2.13. The smallest absolute Gasteiger partial charge is 0.161 e. The molecule has 1 N–H and O–H groups in total. The first-order valence-corrected chi connectivity index (χ1v) is 6.97. The summed E-state index contributed by atoms with van der Waals surface area (Å²) >= 11 is 0. The Kier molecular flexibility index (Phi) is 7.09. The third kappa shape index (κ3) is 5.21. The van der Waals surface area contributed by atoms with E-state index in [4.69, 9.17) is 9.47 Å². The number of carbonyl (C=O) groups is 1. The molecule has 0 aliphatic carbocycles. The second-order valence-electron chi connectivity index (χ2n) is 5.24. The fraction of sp³-hybridized carbons (Fsp3) is 0.562. The summed E-state index contributed by atoms with van der Waals surface area (Å²) in [5, 5.41) is 9.77. The van der Waals surface area contributed by atoms with Crippen LogP contribution < -0.4 is 4.74 Å². The summed E-state index contributed by atoms with van der Waals surface area (Å²) in [5.41, 5.74) is 0.996. The maximum absolute atomic E-state index is 11.1. The lowest BCUT2D eigenvalue weighted by Gasteiger charge is -2.15. The van der Waals surface area contributed by atoms with Gasteiger partial charge in [0.15, 0.2) is 11.5 Å². The Morgan fingerprint density at radius 2 is 2.05 bits per heavy atom. The summed E-state index contributed by atoms with van der Waals surface area (Å²) in [6.07, 6.45) is 2.43. The number of aromatic hydroxyl groups is 1. The van der Waals surface area contributed by atoms with Crippen LogP contribution in [0.15, 0.2) is 18.2 Å². The minimum Gasteiger partial charge on any atom is -0.504 e. The molecule has 0 aliphatic heterocycles. The van der Waals surface area contributed by atoms with Crippen LogP contribution in [-0.2, 0) is 16.0 Å². The Morgan fingerprint density at radius 3 is 2.65 bits per heavy atom. The molecule has 0 saturated carbocycles. The van der Waals surface area contributed by atoms with Crippen LogP contribution >= 0.6 is 0 Å². The van der Waals surface area contributed by atoms with Gasteiger partial charge in [0, 0.05) is 26.1 Å². The van der Waals surface area contributed by atoms with Crippen molar-refractivity contribution in [3.05, 3.63) is 23.8 Å². The van der Waals surface area contributed by atoms with Gasteiger partial charge in [-0.2, -0.15) is 0 Å². The van der Waals surface area contributed by atoms with Gasteiger partial charge in [0.1, 0.15) is 6.29 Å². The standard InChI is InChI=1S/C16H24O4/c1-12(2)14(11-17)9-13-5-6-15(18)16(10-13)20-8-4-7-19-3/h5-6,10-12,14,18H,4,7-9H2,1-3H3. The summed E-state index contributed by atoms with van der Waals surface area (Å²) in [4.78, 5) is 11.1. The van der Waals surface area contributed by atoms with Crippen LogP contribution in [0, 0.1) is 11.8 Å². The number of rotatable bonds is 9. The molecule has 1 rings (SSSR count). The molecule has 0 amide bonds. The fourth-order valence-electron chi connectivity index (χ4n) is 1.90. The summed E-state index contributed by atoms with van der Waals surface area (Å²) in [5.74, 6) is 0.874. The molecule has 0 heterocycles. The molecule has 0 aromatic heterocycles. The highest BCUT2D eigenvalue weighted by Gasteiger charge is 2.14. The van der Waals surface area contributed by atoms with Gasteiger partial charge in [-0.25, -0.2) is 0 Å². The van der Waals surface area contributed by atoms with Crippen LogP contribution in [0.1, 0.15) is 25.8 Å². The Morgan fingerprint density at radius 1 is 1.30 bits per heavy atom. The number of phenolic OH excluding ortho intramolecular Hbond substituents is 1. The van der Waals surface area contributed by atoms with E-state index < -0.39 is 0 Å². The molecule has 1 aromatic carbocycles. The van der Waals surface area contributed by atoms with Crippen LogP contribution in [0.5, 0.6) is 11.5 Å². The van der Waals surface area contributed by atoms with Crippen molar-refractivity contribution >= 4 is 6.29 Å². The lowest BCUT2D eigenvalue weighted by atomic mass is 9.90. The van der Waals surface area contributed by atoms with Gasteiger partial charge in [-0.05, 0) is 30.0 Å². The molecule has 1 aromatic rings. The fourth-order valence-corrected chi connectivity index (χ4v) is 1.90. The Bertz CT molecular complexity index is 415. The molecule has 4 nitrogen and oxygen atoms in total. The number of carbonyl (C=O) groups excluding carboxylic acids is 1. The molecule has 112 valence electrons. The van der Waals surface area contributed by atoms with E-state index in [1.54, 1.807) is 19.2 Å². The lowest BCUT2D eigenvalue weighted by molar-refractivity contribution is -0.112. The Balaban J connectivity index is 2.67. The molecular formula is C16H24O4. The highest BCUT2D eigenvalue weighted by molar-refractivity contribution is 5.55. The van der Waals surface area contributed by atoms with E-state index in [0.29, 0.717) is 31.3 Å². The third-order valence-electron chi connectivity index (χ3n) is 3.28. The average molecular weight is 280 g/mol. The van der Waals surface area contributed by atoms with Crippen molar-refractivity contribution in [1.29, 1.82) is 0 Å². The zero-order chi connectivity index (χ0) is 15.0. The first-order valence-electron chi connectivity index (χ1n) is 6.97. The van der Waals surface area contributed by atoms with Crippen LogP contribution in [0.3, 0.4) is 0 Å². The summed E-state index contributed by atoms with van der Waals surface area (Å²) < 4.78 is 10.5. The van der Waals surface area contributed by atoms with E-state index in [1.807, 2.05) is 19.9 Å². The molecule has 20 heavy (non-hydrogen) atoms. The number of aldehydes is 1. The molecule has 4 heteroatoms. The number of hydrogen-bond donors (Lipinski definition) is 1. The summed E-state index contributed by atoms with van der Waals surface area (Å²) in [6.45, 7) is 5.18. The number of benzene rings is 1. The largest absolute Gasteiger partial charge is 0.504 e. The Hall–Kier alpha value is -1.55. The van der Waals surface area contributed by atoms with Crippen molar-refractivity contribution in [1.82, 2.24) is 0 Å². The topological polar surface area (TPSA) is 55.8 Å². The van der Waals surface area contributed by atoms with Gasteiger partial charge in [0.2, 0.25) is 0 Å². The molecule has 0 fully saturated rings. The van der Waals surface area contributed by atoms with E-state index in [1.165, 1.54) is 0 Å². The van der Waals surface area contributed by atoms with Crippen LogP contribution in [0.25, 0.3) is 0 Å². The molecule has 0 spiro atoms. The molecule has 1 unspecified atom stereocenters. The first kappa shape index (κ1) is 16.5. The van der Waals surface area contributed by atoms with Crippen molar-refractivity contribution in [3.63, 3.8) is 0 Å². The SMILES string of the molecule is COCCCOc1cc(CC(C=O)C(C)C)ccc1O. The van der Waals surface area contributed by atoms with E-state index >= 15 is 0 Å². The highest BCUT2D eigenvalue weighted by Crippen LogP contribution is 2.28. The predicted octanol–water partition coefficient (Wildman–Crippen LogP) is 2.82. The van der Waals surface area contributed by atoms with Crippen molar-refractivity contribution in [2.75, 3.05) is 20.3 Å². The first-order chi connectivity index (χ1) is 9.58. The van der Waals surface area contributed by atoms with Crippen molar-refractivity contribution in [2.45, 2.75) is 26.7 Å². The van der Waals surface area contributed by atoms with Gasteiger partial charge in [0.25, 0.3) is 0 Å². The number of ether oxygens (including phenoxy) is 2. The maximum atomic E-state index is 11.1. The summed E-state index contributed by atoms with van der Waals surface area (Å²) in [7, 11) is 1.64. The second kappa shape index (κ2) is 8.59. The van der Waals surface area contributed by atoms with Gasteiger partial charge in [-0.15, -0.1) is 0 Å². The minimum absolute atomic E-state index is 0.0131. The average Bonchev–Trinajstić information content (AvgIpc) is 2.43. The van der Waals surface area contributed by atoms with Gasteiger partial charge in [0.05, 0.1) is 6.61 Å². The number of phenols is 1. The third-order valence-corrected chi connectivity index (χ3v) is 3.28. The molecule has 0 bridgehead atoms. The second-order valence-corrected chi connectivity index (χ2v) is 5.24. The van der Waals surface area contributed by atoms with E-state index in [2.05, 4.69) is 0 Å². The Labute approximate surface area is 120 Å². The van der Waals surface area contributed by atoms with Crippen LogP contribution in [0.2, 0.25) is 0 Å². The molecule has 0 aliphatic rings. The molecule has 0 saturated heterocycles. The van der Waals surface area contributed by atoms with Crippen molar-refractivity contribution in [3.8, 4) is 11.5 Å². The molecule has 1 atom stereocenters. The van der Waals surface area contributed by atoms with Gasteiger partial charge >= 0.3 is 0 Å². The normalized spacial score (nSPS) is 12.4. The molecular weight excluding hydrogens is 256 g/mol. The highest BCUT2D eigenvalue weighted by atomic mass is 16.5. The maximum Gasteiger partial charge on any atom is 0.161 e. The van der Waals surface area contributed by atoms with E-state index in [9.17, 15) is 9.90 Å². The van der Waals surface area contributed by atoms with Crippen LogP contribution in [0.4, 0.5) is 0 Å². The van der Waals surface area contributed by atoms with Gasteiger partial charge in [-0.1, -0.05) is 19.9 Å². The van der Waals surface area contributed by atoms with Gasteiger partial charge < -0.3 is 19.4 Å². The predicted molar refractivity (Wildman–Crippen MR) is 78.2 cm³/mol. The van der Waals surface area contributed by atoms with Crippen molar-refractivity contribution < 1.29 is 19.4 Å². The van der Waals surface area contributed by atoms with E-state index in [-0.39, 0.29) is 11.7 Å². The van der Waals surface area contributed by atoms with Crippen molar-refractivity contribution in [2.24, 2.45) is 11.8 Å². The van der Waals surface area contributed by atoms with Crippen LogP contribution in [-0.4, -0.2) is 31.7 Å². The number of methoxy groups -OCH3 is 1. The summed E-state index contributed by atoms with van der Waals surface area (Å²) in [6, 6.07) is 5.25. The quantitative estimate of drug-likeness (QED) is 0.558. The zero-order valence-corrected chi connectivity index (χ0v) is 12.5. The molecule has 0 radical (unpaired) electrons. The number of hydrogen-bond acceptors (Lipinski definition) is 4. The van der Waals surface area contributed by atoms with E-state index in [0.717, 1.165) is 18.3 Å². The van der Waals surface area contributed by atoms with Gasteiger partial charge in [-0.3, -0.25) is 0 Å².